The van der Waals surface area contributed by atoms with Crippen molar-refractivity contribution >= 4 is 17.4 Å². The van der Waals surface area contributed by atoms with Crippen molar-refractivity contribution in [3.05, 3.63) is 28.8 Å². The Morgan fingerprint density at radius 2 is 2.10 bits per heavy atom. The first-order valence-electron chi connectivity index (χ1n) is 7.24. The van der Waals surface area contributed by atoms with Crippen molar-refractivity contribution in [2.75, 3.05) is 33.4 Å². The lowest BCUT2D eigenvalue weighted by Crippen LogP contribution is -2.56. The van der Waals surface area contributed by atoms with Crippen molar-refractivity contribution in [1.29, 1.82) is 0 Å². The van der Waals surface area contributed by atoms with Crippen molar-refractivity contribution < 1.29 is 14.3 Å². The summed E-state index contributed by atoms with van der Waals surface area (Å²) in [5.74, 6) is 0.614. The molecule has 5 heteroatoms. The molecule has 1 fully saturated rings. The van der Waals surface area contributed by atoms with Crippen LogP contribution in [0.2, 0.25) is 5.02 Å². The molecule has 0 radical (unpaired) electrons. The second kappa shape index (κ2) is 6.77. The largest absolute Gasteiger partial charge is 0.496 e. The summed E-state index contributed by atoms with van der Waals surface area (Å²) in [4.78, 5) is 15.3. The second-order valence-corrected chi connectivity index (χ2v) is 5.84. The van der Waals surface area contributed by atoms with E-state index in [-0.39, 0.29) is 5.78 Å². The monoisotopic (exact) mass is 311 g/mol. The number of carbonyl (C=O) groups is 1. The average molecular weight is 312 g/mol. The zero-order valence-corrected chi connectivity index (χ0v) is 13.6. The Bertz CT molecular complexity index is 514. The number of carbonyl (C=O) groups excluding carboxylic acids is 1. The van der Waals surface area contributed by atoms with E-state index in [1.807, 2.05) is 13.8 Å². The predicted molar refractivity (Wildman–Crippen MR) is 83.4 cm³/mol. The number of nitrogens with zero attached hydrogens (tertiary/aromatic N) is 1. The Balaban J connectivity index is 2.37. The maximum Gasteiger partial charge on any atom is 0.186 e. The molecule has 1 aromatic carbocycles. The van der Waals surface area contributed by atoms with Gasteiger partial charge in [0.2, 0.25) is 0 Å². The molecule has 0 N–H and O–H groups in total. The number of morpholine rings is 1. The van der Waals surface area contributed by atoms with Gasteiger partial charge in [-0.1, -0.05) is 18.5 Å². The number of hydrogen-bond acceptors (Lipinski definition) is 4. The zero-order valence-electron chi connectivity index (χ0n) is 12.8. The molecular weight excluding hydrogens is 290 g/mol. The summed E-state index contributed by atoms with van der Waals surface area (Å²) in [6.07, 6.45) is 0.724. The fourth-order valence-electron chi connectivity index (χ4n) is 2.73. The normalized spacial score (nSPS) is 19.0. The zero-order chi connectivity index (χ0) is 15.5. The highest BCUT2D eigenvalue weighted by molar-refractivity contribution is 6.31. The number of halogens is 1. The SMILES string of the molecule is CCC(C)(C(=O)c1cc(Cl)ccc1OC)N1CCOCC1. The topological polar surface area (TPSA) is 38.8 Å². The van der Waals surface area contributed by atoms with Gasteiger partial charge in [0, 0.05) is 18.1 Å². The molecule has 1 heterocycles. The third kappa shape index (κ3) is 3.23. The van der Waals surface area contributed by atoms with Crippen molar-refractivity contribution in [1.82, 2.24) is 4.90 Å². The number of Topliss-reactive ketones (excluding diaryl/α,β-unsaturated/α-hetero) is 1. The minimum absolute atomic E-state index is 0.0475. The van der Waals surface area contributed by atoms with Gasteiger partial charge < -0.3 is 9.47 Å². The van der Waals surface area contributed by atoms with E-state index in [0.717, 1.165) is 19.5 Å². The van der Waals surface area contributed by atoms with Gasteiger partial charge in [-0.05, 0) is 31.5 Å². The molecule has 4 nitrogen and oxygen atoms in total. The smallest absolute Gasteiger partial charge is 0.186 e. The molecule has 1 saturated heterocycles. The van der Waals surface area contributed by atoms with Gasteiger partial charge in [-0.15, -0.1) is 0 Å². The van der Waals surface area contributed by atoms with Crippen molar-refractivity contribution in [3.63, 3.8) is 0 Å². The van der Waals surface area contributed by atoms with Crippen LogP contribution in [-0.2, 0) is 4.74 Å². The highest BCUT2D eigenvalue weighted by atomic mass is 35.5. The molecule has 1 aromatic rings. The van der Waals surface area contributed by atoms with E-state index in [1.165, 1.54) is 0 Å². The molecule has 1 aliphatic heterocycles. The highest BCUT2D eigenvalue weighted by Gasteiger charge is 2.40. The minimum Gasteiger partial charge on any atom is -0.496 e. The van der Waals surface area contributed by atoms with Crippen LogP contribution in [0.15, 0.2) is 18.2 Å². The summed E-state index contributed by atoms with van der Waals surface area (Å²) >= 11 is 6.06. The molecule has 0 aliphatic carbocycles. The summed E-state index contributed by atoms with van der Waals surface area (Å²) in [6.45, 7) is 6.87. The molecule has 21 heavy (non-hydrogen) atoms. The number of ether oxygens (including phenoxy) is 2. The molecular formula is C16H22ClNO3. The summed E-state index contributed by atoms with van der Waals surface area (Å²) in [6, 6.07) is 5.16. The van der Waals surface area contributed by atoms with Crippen LogP contribution in [0.3, 0.4) is 0 Å². The highest BCUT2D eigenvalue weighted by Crippen LogP contribution is 2.31. The van der Waals surface area contributed by atoms with Gasteiger partial charge in [0.25, 0.3) is 0 Å². The van der Waals surface area contributed by atoms with E-state index in [9.17, 15) is 4.79 Å². The Hall–Kier alpha value is -1.10. The van der Waals surface area contributed by atoms with Gasteiger partial charge in [0.15, 0.2) is 5.78 Å². The van der Waals surface area contributed by atoms with Gasteiger partial charge >= 0.3 is 0 Å². The van der Waals surface area contributed by atoms with E-state index in [1.54, 1.807) is 25.3 Å². The Labute approximate surface area is 131 Å². The van der Waals surface area contributed by atoms with Crippen molar-refractivity contribution in [3.8, 4) is 5.75 Å². The molecule has 0 spiro atoms. The van der Waals surface area contributed by atoms with Crippen LogP contribution in [0.25, 0.3) is 0 Å². The minimum atomic E-state index is -0.568. The van der Waals surface area contributed by atoms with E-state index < -0.39 is 5.54 Å². The van der Waals surface area contributed by atoms with Gasteiger partial charge in [-0.2, -0.15) is 0 Å². The maximum atomic E-state index is 13.1. The molecule has 0 aromatic heterocycles. The number of methoxy groups -OCH3 is 1. The standard InChI is InChI=1S/C16H22ClNO3/c1-4-16(2,18-7-9-21-10-8-18)15(19)13-11-12(17)5-6-14(13)20-3/h5-6,11H,4,7-10H2,1-3H3. The first-order chi connectivity index (χ1) is 10.0. The predicted octanol–water partition coefficient (Wildman–Crippen LogP) is 3.03. The van der Waals surface area contributed by atoms with Crippen LogP contribution >= 0.6 is 11.6 Å². The van der Waals surface area contributed by atoms with Gasteiger partial charge in [0.1, 0.15) is 5.75 Å². The molecule has 2 rings (SSSR count). The van der Waals surface area contributed by atoms with Crippen LogP contribution in [0, 0.1) is 0 Å². The molecule has 1 unspecified atom stereocenters. The molecule has 0 bridgehead atoms. The number of benzene rings is 1. The van der Waals surface area contributed by atoms with Crippen molar-refractivity contribution in [2.24, 2.45) is 0 Å². The summed E-state index contributed by atoms with van der Waals surface area (Å²) in [5, 5.41) is 0.541. The summed E-state index contributed by atoms with van der Waals surface area (Å²) < 4.78 is 10.7. The fraction of sp³-hybridized carbons (Fsp3) is 0.562. The van der Waals surface area contributed by atoms with Crippen LogP contribution < -0.4 is 4.74 Å². The lowest BCUT2D eigenvalue weighted by atomic mass is 9.86. The lowest BCUT2D eigenvalue weighted by molar-refractivity contribution is -0.0107. The Morgan fingerprint density at radius 1 is 1.43 bits per heavy atom. The van der Waals surface area contributed by atoms with E-state index in [0.29, 0.717) is 29.5 Å². The maximum absolute atomic E-state index is 13.1. The summed E-state index contributed by atoms with van der Waals surface area (Å²) in [7, 11) is 1.57. The number of ketones is 1. The third-order valence-corrected chi connectivity index (χ3v) is 4.53. The van der Waals surface area contributed by atoms with Gasteiger partial charge in [-0.3, -0.25) is 9.69 Å². The number of hydrogen-bond donors (Lipinski definition) is 0. The van der Waals surface area contributed by atoms with E-state index >= 15 is 0 Å². The third-order valence-electron chi connectivity index (χ3n) is 4.29. The second-order valence-electron chi connectivity index (χ2n) is 5.40. The van der Waals surface area contributed by atoms with Gasteiger partial charge in [-0.25, -0.2) is 0 Å². The van der Waals surface area contributed by atoms with E-state index in [4.69, 9.17) is 21.1 Å². The van der Waals surface area contributed by atoms with Crippen LogP contribution in [0.4, 0.5) is 0 Å². The number of rotatable bonds is 5. The van der Waals surface area contributed by atoms with E-state index in [2.05, 4.69) is 4.90 Å². The van der Waals surface area contributed by atoms with Crippen molar-refractivity contribution in [2.45, 2.75) is 25.8 Å². The van der Waals surface area contributed by atoms with Crippen LogP contribution in [0.1, 0.15) is 30.6 Å². The lowest BCUT2D eigenvalue weighted by Gasteiger charge is -2.41. The molecule has 116 valence electrons. The Morgan fingerprint density at radius 3 is 2.67 bits per heavy atom. The van der Waals surface area contributed by atoms with Crippen LogP contribution in [0.5, 0.6) is 5.75 Å². The first kappa shape index (κ1) is 16.3. The summed E-state index contributed by atoms with van der Waals surface area (Å²) in [5.41, 5.74) is -0.0253. The molecule has 0 saturated carbocycles. The Kier molecular flexibility index (Phi) is 5.25. The van der Waals surface area contributed by atoms with Gasteiger partial charge in [0.05, 0.1) is 31.4 Å². The average Bonchev–Trinajstić information content (AvgIpc) is 2.54. The quantitative estimate of drug-likeness (QED) is 0.784. The molecule has 1 aliphatic rings. The molecule has 1 atom stereocenters. The molecule has 0 amide bonds. The fourth-order valence-corrected chi connectivity index (χ4v) is 2.90. The first-order valence-corrected chi connectivity index (χ1v) is 7.62. The van der Waals surface area contributed by atoms with Crippen LogP contribution in [-0.4, -0.2) is 49.6 Å².